The molecule has 0 amide bonds. The van der Waals surface area contributed by atoms with Crippen molar-refractivity contribution < 1.29 is 13.3 Å². The Labute approximate surface area is 177 Å². The van der Waals surface area contributed by atoms with E-state index < -0.39 is 33.2 Å². The summed E-state index contributed by atoms with van der Waals surface area (Å²) < 4.78 is 19.3. The molecule has 0 bridgehead atoms. The van der Waals surface area contributed by atoms with Gasteiger partial charge in [0.2, 0.25) is 16.6 Å². The average molecular weight is 458 g/mol. The lowest BCUT2D eigenvalue weighted by atomic mass is 10.1. The van der Waals surface area contributed by atoms with Crippen LogP contribution in [0.25, 0.3) is 0 Å². The van der Waals surface area contributed by atoms with Gasteiger partial charge in [-0.25, -0.2) is 0 Å². The minimum Gasteiger partial charge on any atom is -0.542 e. The highest BCUT2D eigenvalue weighted by Crippen LogP contribution is 2.35. The molecule has 0 radical (unpaired) electrons. The van der Waals surface area contributed by atoms with Crippen molar-refractivity contribution in [2.24, 2.45) is 0 Å². The van der Waals surface area contributed by atoms with Gasteiger partial charge < -0.3 is 18.3 Å². The van der Waals surface area contributed by atoms with E-state index in [-0.39, 0.29) is 6.10 Å². The highest BCUT2D eigenvalue weighted by Gasteiger charge is 2.27. The molecule has 0 heterocycles. The van der Waals surface area contributed by atoms with Crippen LogP contribution in [0.15, 0.2) is 18.2 Å². The Balaban J connectivity index is 3.30. The van der Waals surface area contributed by atoms with Gasteiger partial charge in [-0.15, -0.1) is 0 Å². The van der Waals surface area contributed by atoms with Gasteiger partial charge in [-0.05, 0) is 76.6 Å². The van der Waals surface area contributed by atoms with Crippen molar-refractivity contribution in [1.29, 1.82) is 0 Å². The molecule has 0 spiro atoms. The minimum absolute atomic E-state index is 0.0308. The molecule has 0 aliphatic rings. The molecule has 0 aromatic heterocycles. The zero-order chi connectivity index (χ0) is 22.0. The first-order chi connectivity index (χ1) is 12.3. The van der Waals surface area contributed by atoms with E-state index in [1.54, 1.807) is 0 Å². The lowest BCUT2D eigenvalue weighted by Gasteiger charge is -2.31. The molecule has 4 nitrogen and oxygen atoms in total. The predicted octanol–water partition coefficient (Wildman–Crippen LogP) is 6.43. The van der Waals surface area contributed by atoms with Gasteiger partial charge in [-0.3, -0.25) is 0 Å². The molecule has 1 N–H and O–H groups in total. The first kappa shape index (κ1) is 25.6. The van der Waals surface area contributed by atoms with Crippen molar-refractivity contribution in [2.45, 2.75) is 84.7 Å². The predicted molar refractivity (Wildman–Crippen MR) is 133 cm³/mol. The molecular formula is C20H43NO3Si4. The molecule has 1 rings (SSSR count). The highest BCUT2D eigenvalue weighted by atomic mass is 28.4. The molecule has 8 heteroatoms. The van der Waals surface area contributed by atoms with E-state index >= 15 is 0 Å². The molecule has 1 unspecified atom stereocenters. The molecule has 0 aliphatic heterocycles. The second kappa shape index (κ2) is 9.18. The van der Waals surface area contributed by atoms with Gasteiger partial charge in [-0.1, -0.05) is 25.7 Å². The Morgan fingerprint density at radius 1 is 0.714 bits per heavy atom. The fourth-order valence-corrected chi connectivity index (χ4v) is 6.12. The van der Waals surface area contributed by atoms with Gasteiger partial charge in [0.15, 0.2) is 8.32 Å². The number of rotatable bonds is 10. The van der Waals surface area contributed by atoms with E-state index in [4.69, 9.17) is 13.3 Å². The molecule has 0 fully saturated rings. The first-order valence-electron chi connectivity index (χ1n) is 10.3. The van der Waals surface area contributed by atoms with Gasteiger partial charge in [-0.2, -0.15) is 0 Å². The Kier molecular flexibility index (Phi) is 8.40. The quantitative estimate of drug-likeness (QED) is 0.411. The van der Waals surface area contributed by atoms with Crippen LogP contribution in [0.3, 0.4) is 0 Å². The van der Waals surface area contributed by atoms with Gasteiger partial charge in [0.1, 0.15) is 19.7 Å². The normalized spacial score (nSPS) is 14.7. The van der Waals surface area contributed by atoms with Crippen LogP contribution in [0, 0.1) is 0 Å². The van der Waals surface area contributed by atoms with E-state index in [1.807, 2.05) is 0 Å². The van der Waals surface area contributed by atoms with Gasteiger partial charge >= 0.3 is 0 Å². The van der Waals surface area contributed by atoms with E-state index in [0.717, 1.165) is 18.0 Å². The summed E-state index contributed by atoms with van der Waals surface area (Å²) in [6, 6.07) is 6.39. The van der Waals surface area contributed by atoms with Crippen molar-refractivity contribution >= 4 is 33.2 Å². The summed E-state index contributed by atoms with van der Waals surface area (Å²) in [6.07, 6.45) is 0.0308. The Morgan fingerprint density at radius 2 is 1.21 bits per heavy atom. The molecular weight excluding hydrogens is 415 g/mol. The SMILES string of the molecule is C[Si](C)(C)NCC(O[Si](C)(C)C)c1ccc(O[Si](C)(C)C)c(O[Si](C)(C)C)c1. The molecule has 162 valence electrons. The smallest absolute Gasteiger partial charge is 0.242 e. The van der Waals surface area contributed by atoms with E-state index in [9.17, 15) is 0 Å². The Hall–Kier alpha value is -0.392. The Bertz CT molecular complexity index is 641. The zero-order valence-electron chi connectivity index (χ0n) is 20.2. The molecule has 0 aliphatic carbocycles. The van der Waals surface area contributed by atoms with Crippen LogP contribution in [-0.2, 0) is 4.43 Å². The minimum atomic E-state index is -1.76. The second-order valence-corrected chi connectivity index (χ2v) is 29.7. The number of hydrogen-bond acceptors (Lipinski definition) is 4. The third kappa shape index (κ3) is 11.0. The number of benzene rings is 1. The van der Waals surface area contributed by atoms with Crippen LogP contribution in [0.1, 0.15) is 11.7 Å². The maximum Gasteiger partial charge on any atom is 0.242 e. The topological polar surface area (TPSA) is 39.7 Å². The fraction of sp³-hybridized carbons (Fsp3) is 0.700. The number of nitrogens with one attached hydrogen (secondary N) is 1. The lowest BCUT2D eigenvalue weighted by Crippen LogP contribution is -2.45. The third-order valence-electron chi connectivity index (χ3n) is 3.49. The summed E-state index contributed by atoms with van der Waals surface area (Å²) in [5, 5.41) is 0. The molecule has 1 atom stereocenters. The summed E-state index contributed by atoms with van der Waals surface area (Å²) in [4.78, 5) is 3.74. The molecule has 1 aromatic rings. The van der Waals surface area contributed by atoms with E-state index in [0.29, 0.717) is 0 Å². The number of hydrogen-bond donors (Lipinski definition) is 1. The van der Waals surface area contributed by atoms with Gasteiger partial charge in [0, 0.05) is 6.54 Å². The second-order valence-electron chi connectivity index (χ2n) is 11.5. The van der Waals surface area contributed by atoms with Crippen molar-refractivity contribution in [1.82, 2.24) is 4.98 Å². The monoisotopic (exact) mass is 457 g/mol. The third-order valence-corrected chi connectivity index (χ3v) is 7.41. The van der Waals surface area contributed by atoms with Crippen LogP contribution in [0.5, 0.6) is 11.5 Å². The van der Waals surface area contributed by atoms with E-state index in [2.05, 4.69) is 102 Å². The maximum atomic E-state index is 6.57. The summed E-state index contributed by atoms with van der Waals surface area (Å²) in [7, 11) is -6.56. The highest BCUT2D eigenvalue weighted by molar-refractivity contribution is 6.73. The molecule has 28 heavy (non-hydrogen) atoms. The Morgan fingerprint density at radius 3 is 1.64 bits per heavy atom. The lowest BCUT2D eigenvalue weighted by molar-refractivity contribution is 0.200. The molecule has 0 saturated heterocycles. The van der Waals surface area contributed by atoms with Crippen molar-refractivity contribution in [3.05, 3.63) is 23.8 Å². The zero-order valence-corrected chi connectivity index (χ0v) is 24.2. The summed E-state index contributed by atoms with van der Waals surface area (Å²) >= 11 is 0. The molecule has 1 aromatic carbocycles. The van der Waals surface area contributed by atoms with Crippen molar-refractivity contribution in [2.75, 3.05) is 6.54 Å². The van der Waals surface area contributed by atoms with Crippen LogP contribution >= 0.6 is 0 Å². The average Bonchev–Trinajstić information content (AvgIpc) is 2.40. The first-order valence-corrected chi connectivity index (χ1v) is 24.0. The van der Waals surface area contributed by atoms with Gasteiger partial charge in [0.25, 0.3) is 0 Å². The maximum absolute atomic E-state index is 6.57. The summed E-state index contributed by atoms with van der Waals surface area (Å²) in [5.74, 6) is 1.74. The van der Waals surface area contributed by atoms with Gasteiger partial charge in [0.05, 0.1) is 6.10 Å². The summed E-state index contributed by atoms with van der Waals surface area (Å²) in [5.41, 5.74) is 1.17. The largest absolute Gasteiger partial charge is 0.542 e. The van der Waals surface area contributed by atoms with Crippen molar-refractivity contribution in [3.63, 3.8) is 0 Å². The van der Waals surface area contributed by atoms with Crippen LogP contribution in [0.4, 0.5) is 0 Å². The van der Waals surface area contributed by atoms with Crippen LogP contribution in [0.2, 0.25) is 78.6 Å². The fourth-order valence-electron chi connectivity index (χ4n) is 2.60. The van der Waals surface area contributed by atoms with Crippen LogP contribution in [-0.4, -0.2) is 39.7 Å². The van der Waals surface area contributed by atoms with E-state index in [1.165, 1.54) is 5.56 Å². The summed E-state index contributed by atoms with van der Waals surface area (Å²) in [6.45, 7) is 27.8. The standard InChI is InChI=1S/C20H43NO3Si4/c1-25(2,3)21-16-20(24-28(10,11)12)17-13-14-18(22-26(4,5)6)19(15-17)23-27(7,8)9/h13-15,20-21H,16H2,1-12H3. The molecule has 0 saturated carbocycles. The van der Waals surface area contributed by atoms with Crippen molar-refractivity contribution in [3.8, 4) is 11.5 Å². The van der Waals surface area contributed by atoms with Crippen LogP contribution < -0.4 is 13.8 Å².